The fraction of sp³-hybridized carbons (Fsp3) is 0.455. The van der Waals surface area contributed by atoms with Crippen molar-refractivity contribution in [1.29, 1.82) is 0 Å². The van der Waals surface area contributed by atoms with E-state index in [1.807, 2.05) is 33.8 Å². The SMILES string of the molecule is C=C(C)/C=C(C)\C=C/C.CC. The topological polar surface area (TPSA) is 0 Å². The lowest BCUT2D eigenvalue weighted by molar-refractivity contribution is 1.44. The zero-order valence-electron chi connectivity index (χ0n) is 8.44. The summed E-state index contributed by atoms with van der Waals surface area (Å²) in [6.45, 7) is 13.8. The average Bonchev–Trinajstić information content (AvgIpc) is 1.91. The summed E-state index contributed by atoms with van der Waals surface area (Å²) >= 11 is 0. The Balaban J connectivity index is 0. The van der Waals surface area contributed by atoms with Crippen LogP contribution in [0.5, 0.6) is 0 Å². The van der Waals surface area contributed by atoms with Crippen LogP contribution in [-0.2, 0) is 0 Å². The number of hydrogen-bond donors (Lipinski definition) is 0. The van der Waals surface area contributed by atoms with E-state index in [2.05, 4.69) is 25.7 Å². The predicted molar refractivity (Wildman–Crippen MR) is 54.7 cm³/mol. The van der Waals surface area contributed by atoms with Crippen molar-refractivity contribution >= 4 is 0 Å². The van der Waals surface area contributed by atoms with Crippen LogP contribution in [-0.4, -0.2) is 0 Å². The molecule has 0 aromatic rings. The highest BCUT2D eigenvalue weighted by Crippen LogP contribution is 1.99. The highest BCUT2D eigenvalue weighted by Gasteiger charge is 1.78. The van der Waals surface area contributed by atoms with Crippen molar-refractivity contribution in [2.75, 3.05) is 0 Å². The van der Waals surface area contributed by atoms with Crippen LogP contribution in [0.2, 0.25) is 0 Å². The van der Waals surface area contributed by atoms with Crippen LogP contribution in [0.3, 0.4) is 0 Å². The Hall–Kier alpha value is -0.780. The van der Waals surface area contributed by atoms with E-state index in [0.717, 1.165) is 5.57 Å². The van der Waals surface area contributed by atoms with Gasteiger partial charge in [-0.2, -0.15) is 0 Å². The van der Waals surface area contributed by atoms with Gasteiger partial charge in [0.05, 0.1) is 0 Å². The number of rotatable bonds is 2. The van der Waals surface area contributed by atoms with Gasteiger partial charge in [-0.3, -0.25) is 0 Å². The second-order valence-electron chi connectivity index (χ2n) is 2.23. The summed E-state index contributed by atoms with van der Waals surface area (Å²) < 4.78 is 0. The van der Waals surface area contributed by atoms with Crippen molar-refractivity contribution in [2.24, 2.45) is 0 Å². The maximum atomic E-state index is 3.77. The van der Waals surface area contributed by atoms with Crippen LogP contribution in [0.15, 0.2) is 36.0 Å². The van der Waals surface area contributed by atoms with Gasteiger partial charge in [-0.15, -0.1) is 0 Å². The molecule has 0 unspecified atom stereocenters. The van der Waals surface area contributed by atoms with Crippen molar-refractivity contribution in [3.63, 3.8) is 0 Å². The van der Waals surface area contributed by atoms with Gasteiger partial charge in [-0.1, -0.05) is 49.8 Å². The van der Waals surface area contributed by atoms with E-state index in [-0.39, 0.29) is 0 Å². The Morgan fingerprint density at radius 3 is 1.91 bits per heavy atom. The molecule has 64 valence electrons. The molecule has 0 aliphatic carbocycles. The van der Waals surface area contributed by atoms with Crippen molar-refractivity contribution in [3.8, 4) is 0 Å². The molecule has 0 radical (unpaired) electrons. The molecule has 0 saturated heterocycles. The lowest BCUT2D eigenvalue weighted by Crippen LogP contribution is -1.68. The van der Waals surface area contributed by atoms with Gasteiger partial charge in [0.25, 0.3) is 0 Å². The molecular weight excluding hydrogens is 132 g/mol. The fourth-order valence-corrected chi connectivity index (χ4v) is 0.700. The van der Waals surface area contributed by atoms with Gasteiger partial charge in [0.15, 0.2) is 0 Å². The molecule has 0 fully saturated rings. The molecule has 0 nitrogen and oxygen atoms in total. The van der Waals surface area contributed by atoms with Crippen LogP contribution < -0.4 is 0 Å². The van der Waals surface area contributed by atoms with E-state index < -0.39 is 0 Å². The molecule has 0 aliphatic rings. The molecule has 0 N–H and O–H groups in total. The smallest absolute Gasteiger partial charge is 0.0398 e. The van der Waals surface area contributed by atoms with Crippen LogP contribution in [0.25, 0.3) is 0 Å². The molecule has 0 spiro atoms. The Morgan fingerprint density at radius 2 is 1.64 bits per heavy atom. The molecule has 0 heterocycles. The van der Waals surface area contributed by atoms with E-state index in [1.165, 1.54) is 5.57 Å². The minimum absolute atomic E-state index is 1.10. The lowest BCUT2D eigenvalue weighted by Gasteiger charge is -1.89. The molecule has 0 heteroatoms. The first-order valence-corrected chi connectivity index (χ1v) is 4.13. The first kappa shape index (κ1) is 12.9. The molecule has 0 rings (SSSR count). The molecule has 0 aromatic heterocycles. The summed E-state index contributed by atoms with van der Waals surface area (Å²) in [4.78, 5) is 0. The summed E-state index contributed by atoms with van der Waals surface area (Å²) in [6.07, 6.45) is 6.14. The standard InChI is InChI=1S/C9H14.C2H6/c1-5-6-9(4)7-8(2)3;1-2/h5-7H,2H2,1,3-4H3;1-2H3/b6-5-,9-7-;. The Morgan fingerprint density at radius 1 is 1.18 bits per heavy atom. The molecule has 0 saturated carbocycles. The summed E-state index contributed by atoms with van der Waals surface area (Å²) in [5.74, 6) is 0. The first-order chi connectivity index (χ1) is 5.16. The highest BCUT2D eigenvalue weighted by atomic mass is 13.8. The first-order valence-electron chi connectivity index (χ1n) is 4.13. The van der Waals surface area contributed by atoms with Gasteiger partial charge in [0.1, 0.15) is 0 Å². The van der Waals surface area contributed by atoms with E-state index in [1.54, 1.807) is 0 Å². The Bertz CT molecular complexity index is 147. The number of allylic oxidation sites excluding steroid dienone is 5. The fourth-order valence-electron chi connectivity index (χ4n) is 0.700. The zero-order valence-corrected chi connectivity index (χ0v) is 8.44. The molecular formula is C11H20. The molecule has 0 amide bonds. The summed E-state index contributed by atoms with van der Waals surface area (Å²) in [6, 6.07) is 0. The summed E-state index contributed by atoms with van der Waals surface area (Å²) in [5, 5.41) is 0. The van der Waals surface area contributed by atoms with Crippen molar-refractivity contribution in [1.82, 2.24) is 0 Å². The van der Waals surface area contributed by atoms with Crippen molar-refractivity contribution in [3.05, 3.63) is 36.0 Å². The van der Waals surface area contributed by atoms with Gasteiger partial charge in [-0.05, 0) is 20.8 Å². The van der Waals surface area contributed by atoms with Gasteiger partial charge < -0.3 is 0 Å². The maximum absolute atomic E-state index is 3.77. The quantitative estimate of drug-likeness (QED) is 0.522. The number of hydrogen-bond acceptors (Lipinski definition) is 0. The van der Waals surface area contributed by atoms with Gasteiger partial charge in [0.2, 0.25) is 0 Å². The lowest BCUT2D eigenvalue weighted by atomic mass is 10.2. The van der Waals surface area contributed by atoms with Crippen LogP contribution in [0, 0.1) is 0 Å². The third-order valence-corrected chi connectivity index (χ3v) is 0.904. The average molecular weight is 152 g/mol. The van der Waals surface area contributed by atoms with Gasteiger partial charge in [0, 0.05) is 0 Å². The van der Waals surface area contributed by atoms with Gasteiger partial charge >= 0.3 is 0 Å². The summed E-state index contributed by atoms with van der Waals surface area (Å²) in [7, 11) is 0. The minimum atomic E-state index is 1.10. The normalized spacial score (nSPS) is 10.8. The maximum Gasteiger partial charge on any atom is -0.0398 e. The molecule has 0 aromatic carbocycles. The predicted octanol–water partition coefficient (Wildman–Crippen LogP) is 4.11. The monoisotopic (exact) mass is 152 g/mol. The van der Waals surface area contributed by atoms with Crippen molar-refractivity contribution in [2.45, 2.75) is 34.6 Å². The van der Waals surface area contributed by atoms with E-state index in [4.69, 9.17) is 0 Å². The van der Waals surface area contributed by atoms with E-state index in [9.17, 15) is 0 Å². The molecule has 0 atom stereocenters. The van der Waals surface area contributed by atoms with E-state index in [0.29, 0.717) is 0 Å². The molecule has 0 aliphatic heterocycles. The van der Waals surface area contributed by atoms with Crippen LogP contribution in [0.4, 0.5) is 0 Å². The molecule has 11 heavy (non-hydrogen) atoms. The van der Waals surface area contributed by atoms with Crippen LogP contribution in [0.1, 0.15) is 34.6 Å². The highest BCUT2D eigenvalue weighted by molar-refractivity contribution is 5.24. The summed E-state index contributed by atoms with van der Waals surface area (Å²) in [5.41, 5.74) is 2.36. The van der Waals surface area contributed by atoms with Crippen molar-refractivity contribution < 1.29 is 0 Å². The Labute approximate surface area is 71.3 Å². The largest absolute Gasteiger partial charge is 0.0961 e. The van der Waals surface area contributed by atoms with Crippen LogP contribution >= 0.6 is 0 Å². The minimum Gasteiger partial charge on any atom is -0.0961 e. The zero-order chi connectivity index (χ0) is 9.28. The molecule has 0 bridgehead atoms. The second kappa shape index (κ2) is 9.22. The Kier molecular flexibility index (Phi) is 10.8. The van der Waals surface area contributed by atoms with Gasteiger partial charge in [-0.25, -0.2) is 0 Å². The van der Waals surface area contributed by atoms with E-state index >= 15 is 0 Å². The third-order valence-electron chi connectivity index (χ3n) is 0.904. The third kappa shape index (κ3) is 12.4. The second-order valence-corrected chi connectivity index (χ2v) is 2.23.